The number of hydrogen-bond acceptors (Lipinski definition) is 4. The van der Waals surface area contributed by atoms with Gasteiger partial charge in [0, 0.05) is 29.5 Å². The summed E-state index contributed by atoms with van der Waals surface area (Å²) in [6.45, 7) is 2.57. The van der Waals surface area contributed by atoms with Gasteiger partial charge >= 0.3 is 0 Å². The summed E-state index contributed by atoms with van der Waals surface area (Å²) in [6, 6.07) is 9.13. The maximum atomic E-state index is 12.7. The summed E-state index contributed by atoms with van der Waals surface area (Å²) in [7, 11) is 0. The first-order chi connectivity index (χ1) is 14.1. The molecule has 0 radical (unpaired) electrons. The van der Waals surface area contributed by atoms with Crippen LogP contribution in [0.4, 0.5) is 0 Å². The third-order valence-corrected chi connectivity index (χ3v) is 5.54. The van der Waals surface area contributed by atoms with Gasteiger partial charge in [0.15, 0.2) is 5.65 Å². The first kappa shape index (κ1) is 19.7. The molecule has 1 amide bonds. The topological polar surface area (TPSA) is 91.3 Å². The maximum Gasteiger partial charge on any atom is 0.272 e. The van der Waals surface area contributed by atoms with E-state index in [0.717, 1.165) is 31.5 Å². The third-order valence-electron chi connectivity index (χ3n) is 5.30. The number of carbonyl (C=O) groups is 1. The summed E-state index contributed by atoms with van der Waals surface area (Å²) in [6.07, 6.45) is 5.07. The number of nitrogens with zero attached hydrogens (tertiary/aromatic N) is 2. The van der Waals surface area contributed by atoms with Gasteiger partial charge in [-0.1, -0.05) is 23.7 Å². The number of rotatable bonds is 6. The molecule has 3 heterocycles. The summed E-state index contributed by atoms with van der Waals surface area (Å²) >= 11 is 6.04. The number of carbonyl (C=O) groups excluding carboxylic acids is 1. The van der Waals surface area contributed by atoms with Crippen molar-refractivity contribution in [3.8, 4) is 0 Å². The molecule has 1 aliphatic heterocycles. The highest BCUT2D eigenvalue weighted by Gasteiger charge is 2.18. The average Bonchev–Trinajstić information content (AvgIpc) is 3.16. The predicted molar refractivity (Wildman–Crippen MR) is 113 cm³/mol. The van der Waals surface area contributed by atoms with Gasteiger partial charge in [0.1, 0.15) is 5.56 Å². The van der Waals surface area contributed by atoms with E-state index in [9.17, 15) is 9.59 Å². The first-order valence-corrected chi connectivity index (χ1v) is 10.3. The van der Waals surface area contributed by atoms with Crippen LogP contribution in [-0.4, -0.2) is 40.1 Å². The molecule has 1 atom stereocenters. The highest BCUT2D eigenvalue weighted by atomic mass is 35.5. The minimum Gasteiger partial charge on any atom is -0.352 e. The van der Waals surface area contributed by atoms with Crippen LogP contribution >= 0.6 is 11.6 Å². The lowest BCUT2D eigenvalue weighted by atomic mass is 10.00. The molecular weight excluding hydrogens is 390 g/mol. The molecule has 1 unspecified atom stereocenters. The summed E-state index contributed by atoms with van der Waals surface area (Å²) in [4.78, 5) is 29.7. The molecular formula is C21H24ClN5O2. The van der Waals surface area contributed by atoms with E-state index < -0.39 is 0 Å². The van der Waals surface area contributed by atoms with E-state index >= 15 is 0 Å². The summed E-state index contributed by atoms with van der Waals surface area (Å²) in [5.41, 5.74) is 2.24. The number of aryl methyl sites for hydroxylation is 2. The standard InChI is InChI=1S/C21H24ClN5O2/c22-16-5-1-3-14(9-16)6-7-17-10-19(28)27-20(26-17)18(13-25-27)21(29)24-12-15-4-2-8-23-11-15/h1,3,5,9-10,13,15,23,25H,2,4,6-8,11-12H2,(H,24,29). The number of halogens is 1. The van der Waals surface area contributed by atoms with Crippen LogP contribution < -0.4 is 16.2 Å². The number of fused-ring (bicyclic) bond motifs is 1. The van der Waals surface area contributed by atoms with Gasteiger partial charge in [-0.05, 0) is 62.4 Å². The van der Waals surface area contributed by atoms with E-state index in [4.69, 9.17) is 11.6 Å². The van der Waals surface area contributed by atoms with Gasteiger partial charge in [-0.2, -0.15) is 0 Å². The Kier molecular flexibility index (Phi) is 5.97. The van der Waals surface area contributed by atoms with Gasteiger partial charge in [0.05, 0.1) is 0 Å². The fourth-order valence-electron chi connectivity index (χ4n) is 3.72. The zero-order valence-electron chi connectivity index (χ0n) is 16.1. The maximum absolute atomic E-state index is 12.7. The Balaban J connectivity index is 1.49. The predicted octanol–water partition coefficient (Wildman–Crippen LogP) is 2.19. The number of piperidine rings is 1. The van der Waals surface area contributed by atoms with E-state index in [2.05, 4.69) is 20.7 Å². The lowest BCUT2D eigenvalue weighted by molar-refractivity contribution is 0.0946. The molecule has 1 aromatic carbocycles. The van der Waals surface area contributed by atoms with Crippen molar-refractivity contribution in [2.45, 2.75) is 25.7 Å². The van der Waals surface area contributed by atoms with Crippen LogP contribution in [0.3, 0.4) is 0 Å². The van der Waals surface area contributed by atoms with Crippen LogP contribution in [0.25, 0.3) is 5.65 Å². The van der Waals surface area contributed by atoms with Crippen molar-refractivity contribution >= 4 is 23.2 Å². The van der Waals surface area contributed by atoms with Crippen LogP contribution in [0.2, 0.25) is 5.02 Å². The molecule has 7 nitrogen and oxygen atoms in total. The first-order valence-electron chi connectivity index (χ1n) is 9.93. The van der Waals surface area contributed by atoms with Gasteiger partial charge in [-0.3, -0.25) is 14.7 Å². The van der Waals surface area contributed by atoms with E-state index in [0.29, 0.717) is 47.2 Å². The number of benzene rings is 1. The third kappa shape index (κ3) is 4.68. The van der Waals surface area contributed by atoms with Crippen molar-refractivity contribution in [1.82, 2.24) is 25.2 Å². The Morgan fingerprint density at radius 1 is 1.31 bits per heavy atom. The Bertz CT molecular complexity index is 1070. The fraction of sp³-hybridized carbons (Fsp3) is 0.381. The van der Waals surface area contributed by atoms with Crippen molar-refractivity contribution in [2.24, 2.45) is 5.92 Å². The van der Waals surface area contributed by atoms with E-state index in [-0.39, 0.29) is 11.5 Å². The number of aromatic amines is 1. The van der Waals surface area contributed by atoms with E-state index in [1.54, 1.807) is 6.20 Å². The molecule has 0 aliphatic carbocycles. The average molecular weight is 414 g/mol. The van der Waals surface area contributed by atoms with Crippen LogP contribution in [-0.2, 0) is 12.8 Å². The molecule has 1 fully saturated rings. The minimum atomic E-state index is -0.230. The zero-order chi connectivity index (χ0) is 20.2. The lowest BCUT2D eigenvalue weighted by Crippen LogP contribution is -2.38. The summed E-state index contributed by atoms with van der Waals surface area (Å²) in [5.74, 6) is 0.218. The zero-order valence-corrected chi connectivity index (χ0v) is 16.8. The van der Waals surface area contributed by atoms with Crippen LogP contribution in [0.15, 0.2) is 41.3 Å². The lowest BCUT2D eigenvalue weighted by Gasteiger charge is -2.22. The quantitative estimate of drug-likeness (QED) is 0.577. The van der Waals surface area contributed by atoms with Gasteiger partial charge in [0.25, 0.3) is 11.5 Å². The Morgan fingerprint density at radius 2 is 2.21 bits per heavy atom. The van der Waals surface area contributed by atoms with Gasteiger partial charge in [-0.25, -0.2) is 9.50 Å². The van der Waals surface area contributed by atoms with Crippen LogP contribution in [0.1, 0.15) is 34.5 Å². The van der Waals surface area contributed by atoms with Gasteiger partial charge in [-0.15, -0.1) is 0 Å². The highest BCUT2D eigenvalue weighted by molar-refractivity contribution is 6.30. The molecule has 8 heteroatoms. The van der Waals surface area contributed by atoms with Crippen LogP contribution in [0.5, 0.6) is 0 Å². The molecule has 1 saturated heterocycles. The number of hydrogen-bond donors (Lipinski definition) is 3. The fourth-order valence-corrected chi connectivity index (χ4v) is 3.93. The van der Waals surface area contributed by atoms with Crippen molar-refractivity contribution in [3.05, 3.63) is 68.7 Å². The van der Waals surface area contributed by atoms with Crippen LogP contribution in [0, 0.1) is 5.92 Å². The highest BCUT2D eigenvalue weighted by Crippen LogP contribution is 2.14. The Labute approximate surface area is 173 Å². The largest absolute Gasteiger partial charge is 0.352 e. The van der Waals surface area contributed by atoms with Crippen molar-refractivity contribution < 1.29 is 4.79 Å². The second-order valence-electron chi connectivity index (χ2n) is 7.48. The normalized spacial score (nSPS) is 16.8. The molecule has 0 spiro atoms. The van der Waals surface area contributed by atoms with Crippen molar-refractivity contribution in [3.63, 3.8) is 0 Å². The van der Waals surface area contributed by atoms with E-state index in [1.165, 1.54) is 10.6 Å². The minimum absolute atomic E-state index is 0.215. The molecule has 3 aromatic rings. The molecule has 3 N–H and O–H groups in total. The number of amides is 1. The van der Waals surface area contributed by atoms with E-state index in [1.807, 2.05) is 24.3 Å². The number of aromatic nitrogens is 3. The monoisotopic (exact) mass is 413 g/mol. The molecule has 0 bridgehead atoms. The number of H-pyrrole nitrogens is 1. The molecule has 1 aliphatic rings. The molecule has 0 saturated carbocycles. The second-order valence-corrected chi connectivity index (χ2v) is 7.92. The SMILES string of the molecule is O=C(NCC1CCCNC1)c1c[nH]n2c(=O)cc(CCc3cccc(Cl)c3)nc12. The second kappa shape index (κ2) is 8.80. The molecule has 152 valence electrons. The Hall–Kier alpha value is -2.64. The molecule has 4 rings (SSSR count). The Morgan fingerprint density at radius 3 is 3.00 bits per heavy atom. The molecule has 29 heavy (non-hydrogen) atoms. The number of nitrogens with one attached hydrogen (secondary N) is 3. The summed E-state index contributed by atoms with van der Waals surface area (Å²) in [5, 5.41) is 9.85. The smallest absolute Gasteiger partial charge is 0.272 e. The van der Waals surface area contributed by atoms with Crippen molar-refractivity contribution in [1.29, 1.82) is 0 Å². The summed E-state index contributed by atoms with van der Waals surface area (Å²) < 4.78 is 1.31. The molecule has 2 aromatic heterocycles. The van der Waals surface area contributed by atoms with Gasteiger partial charge < -0.3 is 10.6 Å². The van der Waals surface area contributed by atoms with Crippen molar-refractivity contribution in [2.75, 3.05) is 19.6 Å². The van der Waals surface area contributed by atoms with Gasteiger partial charge in [0.2, 0.25) is 0 Å².